The van der Waals surface area contributed by atoms with Gasteiger partial charge in [0.1, 0.15) is 5.01 Å². The molecule has 0 radical (unpaired) electrons. The second kappa shape index (κ2) is 7.31. The van der Waals surface area contributed by atoms with Crippen LogP contribution in [0.1, 0.15) is 29.8 Å². The summed E-state index contributed by atoms with van der Waals surface area (Å²) >= 11 is 1.38. The summed E-state index contributed by atoms with van der Waals surface area (Å²) in [5, 5.41) is 16.0. The summed E-state index contributed by atoms with van der Waals surface area (Å²) in [6.45, 7) is 4.00. The number of nitrogens with one attached hydrogen (secondary N) is 1. The lowest BCUT2D eigenvalue weighted by Gasteiger charge is -1.98. The van der Waals surface area contributed by atoms with Gasteiger partial charge in [-0.2, -0.15) is 4.98 Å². The van der Waals surface area contributed by atoms with Crippen molar-refractivity contribution in [2.75, 3.05) is 5.32 Å². The van der Waals surface area contributed by atoms with E-state index in [1.807, 2.05) is 38.1 Å². The molecule has 8 heteroatoms. The Morgan fingerprint density at radius 2 is 2.21 bits per heavy atom. The average molecular weight is 343 g/mol. The molecule has 0 atom stereocenters. The molecule has 2 heterocycles. The lowest BCUT2D eigenvalue weighted by atomic mass is 10.1. The molecule has 1 aromatic carbocycles. The van der Waals surface area contributed by atoms with Crippen molar-refractivity contribution in [1.82, 2.24) is 20.3 Å². The van der Waals surface area contributed by atoms with Gasteiger partial charge in [-0.15, -0.1) is 10.2 Å². The van der Waals surface area contributed by atoms with Crippen LogP contribution in [0.2, 0.25) is 0 Å². The van der Waals surface area contributed by atoms with Gasteiger partial charge in [0.15, 0.2) is 0 Å². The first-order chi connectivity index (χ1) is 11.6. The van der Waals surface area contributed by atoms with E-state index >= 15 is 0 Å². The standard InChI is InChI=1S/C16H17N5O2S/c1-3-14-19-20-16(24-14)17-12(22)7-8-13-18-15(21-23-13)11-6-4-5-10(2)9-11/h4-6,9H,3,7-8H2,1-2H3,(H,17,20,22). The average Bonchev–Trinajstić information content (AvgIpc) is 3.22. The molecule has 0 aliphatic heterocycles. The summed E-state index contributed by atoms with van der Waals surface area (Å²) < 4.78 is 5.21. The van der Waals surface area contributed by atoms with E-state index in [4.69, 9.17) is 4.52 Å². The third kappa shape index (κ3) is 4.02. The van der Waals surface area contributed by atoms with Crippen molar-refractivity contribution in [2.24, 2.45) is 0 Å². The summed E-state index contributed by atoms with van der Waals surface area (Å²) in [6.07, 6.45) is 1.43. The molecule has 3 aromatic rings. The van der Waals surface area contributed by atoms with E-state index in [1.54, 1.807) is 0 Å². The van der Waals surface area contributed by atoms with Crippen LogP contribution in [0.3, 0.4) is 0 Å². The minimum absolute atomic E-state index is 0.149. The second-order valence-electron chi connectivity index (χ2n) is 5.28. The Labute approximate surface area is 143 Å². The van der Waals surface area contributed by atoms with Crippen molar-refractivity contribution >= 4 is 22.4 Å². The van der Waals surface area contributed by atoms with Crippen molar-refractivity contribution in [3.8, 4) is 11.4 Å². The predicted octanol–water partition coefficient (Wildman–Crippen LogP) is 3.03. The minimum atomic E-state index is -0.149. The highest BCUT2D eigenvalue weighted by molar-refractivity contribution is 7.15. The van der Waals surface area contributed by atoms with E-state index in [0.29, 0.717) is 23.3 Å². The molecule has 0 aliphatic rings. The number of nitrogens with zero attached hydrogens (tertiary/aromatic N) is 4. The zero-order valence-corrected chi connectivity index (χ0v) is 14.3. The number of amides is 1. The molecule has 0 saturated carbocycles. The number of rotatable bonds is 6. The minimum Gasteiger partial charge on any atom is -0.339 e. The maximum atomic E-state index is 11.9. The predicted molar refractivity (Wildman–Crippen MR) is 90.7 cm³/mol. The van der Waals surface area contributed by atoms with Crippen LogP contribution in [0.5, 0.6) is 0 Å². The summed E-state index contributed by atoms with van der Waals surface area (Å²) in [7, 11) is 0. The van der Waals surface area contributed by atoms with Crippen LogP contribution in [0.25, 0.3) is 11.4 Å². The molecule has 0 aliphatic carbocycles. The fourth-order valence-electron chi connectivity index (χ4n) is 2.11. The van der Waals surface area contributed by atoms with Crippen LogP contribution >= 0.6 is 11.3 Å². The van der Waals surface area contributed by atoms with E-state index < -0.39 is 0 Å². The van der Waals surface area contributed by atoms with Crippen molar-refractivity contribution < 1.29 is 9.32 Å². The van der Waals surface area contributed by atoms with Crippen LogP contribution in [0.15, 0.2) is 28.8 Å². The number of carbonyl (C=O) groups is 1. The fraction of sp³-hybridized carbons (Fsp3) is 0.312. The highest BCUT2D eigenvalue weighted by Gasteiger charge is 2.12. The van der Waals surface area contributed by atoms with Crippen molar-refractivity contribution in [3.05, 3.63) is 40.7 Å². The van der Waals surface area contributed by atoms with Gasteiger partial charge in [0.05, 0.1) is 0 Å². The topological polar surface area (TPSA) is 93.8 Å². The number of anilines is 1. The Morgan fingerprint density at radius 3 is 2.96 bits per heavy atom. The number of hydrogen-bond acceptors (Lipinski definition) is 7. The monoisotopic (exact) mass is 343 g/mol. The van der Waals surface area contributed by atoms with Crippen LogP contribution in [0, 0.1) is 6.92 Å². The highest BCUT2D eigenvalue weighted by Crippen LogP contribution is 2.18. The summed E-state index contributed by atoms with van der Waals surface area (Å²) in [6, 6.07) is 7.87. The van der Waals surface area contributed by atoms with Crippen molar-refractivity contribution in [1.29, 1.82) is 0 Å². The third-order valence-electron chi connectivity index (χ3n) is 3.33. The van der Waals surface area contributed by atoms with Gasteiger partial charge in [-0.3, -0.25) is 4.79 Å². The number of carbonyl (C=O) groups excluding carboxylic acids is 1. The van der Waals surface area contributed by atoms with Crippen molar-refractivity contribution in [3.63, 3.8) is 0 Å². The van der Waals surface area contributed by atoms with Crippen LogP contribution in [-0.2, 0) is 17.6 Å². The summed E-state index contributed by atoms with van der Waals surface area (Å²) in [5.74, 6) is 0.822. The first-order valence-corrected chi connectivity index (χ1v) is 8.47. The molecule has 0 fully saturated rings. The fourth-order valence-corrected chi connectivity index (χ4v) is 2.80. The van der Waals surface area contributed by atoms with E-state index in [0.717, 1.165) is 22.6 Å². The van der Waals surface area contributed by atoms with Gasteiger partial charge in [-0.1, -0.05) is 47.2 Å². The Bertz CT molecular complexity index is 842. The van der Waals surface area contributed by atoms with Crippen molar-refractivity contribution in [2.45, 2.75) is 33.1 Å². The molecule has 1 N–H and O–H groups in total. The quantitative estimate of drug-likeness (QED) is 0.739. The van der Waals surface area contributed by atoms with Gasteiger partial charge in [-0.05, 0) is 19.4 Å². The molecule has 1 amide bonds. The van der Waals surface area contributed by atoms with Gasteiger partial charge in [0, 0.05) is 18.4 Å². The third-order valence-corrected chi connectivity index (χ3v) is 4.31. The Kier molecular flexibility index (Phi) is 4.95. The molecule has 0 bridgehead atoms. The lowest BCUT2D eigenvalue weighted by molar-refractivity contribution is -0.116. The molecule has 0 spiro atoms. The van der Waals surface area contributed by atoms with Gasteiger partial charge in [0.2, 0.25) is 22.8 Å². The smallest absolute Gasteiger partial charge is 0.227 e. The van der Waals surface area contributed by atoms with E-state index in [1.165, 1.54) is 11.3 Å². The normalized spacial score (nSPS) is 10.8. The molecule has 7 nitrogen and oxygen atoms in total. The Balaban J connectivity index is 1.56. The molecule has 0 saturated heterocycles. The number of aromatic nitrogens is 4. The molecule has 124 valence electrons. The first-order valence-electron chi connectivity index (χ1n) is 7.66. The molecule has 2 aromatic heterocycles. The maximum Gasteiger partial charge on any atom is 0.227 e. The number of aryl methyl sites for hydroxylation is 3. The Hall–Kier alpha value is -2.61. The van der Waals surface area contributed by atoms with Crippen LogP contribution in [0.4, 0.5) is 5.13 Å². The van der Waals surface area contributed by atoms with Gasteiger partial charge in [0.25, 0.3) is 0 Å². The van der Waals surface area contributed by atoms with Gasteiger partial charge in [-0.25, -0.2) is 0 Å². The SMILES string of the molecule is CCc1nnc(NC(=O)CCc2nc(-c3cccc(C)c3)no2)s1. The van der Waals surface area contributed by atoms with E-state index in [2.05, 4.69) is 25.7 Å². The molecular weight excluding hydrogens is 326 g/mol. The first kappa shape index (κ1) is 16.3. The number of benzene rings is 1. The van der Waals surface area contributed by atoms with Crippen LogP contribution < -0.4 is 5.32 Å². The van der Waals surface area contributed by atoms with Crippen LogP contribution in [-0.4, -0.2) is 26.2 Å². The second-order valence-corrected chi connectivity index (χ2v) is 6.35. The largest absolute Gasteiger partial charge is 0.339 e. The van der Waals surface area contributed by atoms with E-state index in [-0.39, 0.29) is 12.3 Å². The molecular formula is C16H17N5O2S. The number of hydrogen-bond donors (Lipinski definition) is 1. The summed E-state index contributed by atoms with van der Waals surface area (Å²) in [5.41, 5.74) is 2.03. The summed E-state index contributed by atoms with van der Waals surface area (Å²) in [4.78, 5) is 16.3. The highest BCUT2D eigenvalue weighted by atomic mass is 32.1. The molecule has 24 heavy (non-hydrogen) atoms. The Morgan fingerprint density at radius 1 is 1.33 bits per heavy atom. The maximum absolute atomic E-state index is 11.9. The zero-order valence-electron chi connectivity index (χ0n) is 13.4. The van der Waals surface area contributed by atoms with Gasteiger partial charge >= 0.3 is 0 Å². The van der Waals surface area contributed by atoms with Gasteiger partial charge < -0.3 is 9.84 Å². The molecule has 0 unspecified atom stereocenters. The lowest BCUT2D eigenvalue weighted by Crippen LogP contribution is -2.12. The zero-order chi connectivity index (χ0) is 16.9. The molecule has 3 rings (SSSR count). The van der Waals surface area contributed by atoms with E-state index in [9.17, 15) is 4.79 Å².